The minimum atomic E-state index is -0.250. The first-order chi connectivity index (χ1) is 5.34. The van der Waals surface area contributed by atoms with Crippen LogP contribution in [0.1, 0.15) is 19.3 Å². The molecule has 0 saturated carbocycles. The van der Waals surface area contributed by atoms with Crippen LogP contribution in [0.3, 0.4) is 0 Å². The molecule has 1 aliphatic rings. The molecular formula is C8H17NO2. The SMILES string of the molecule is NCCC(O)C1CCCOC1. The van der Waals surface area contributed by atoms with E-state index in [-0.39, 0.29) is 6.10 Å². The Morgan fingerprint density at radius 2 is 2.45 bits per heavy atom. The van der Waals surface area contributed by atoms with Gasteiger partial charge in [-0.2, -0.15) is 0 Å². The molecule has 1 saturated heterocycles. The summed E-state index contributed by atoms with van der Waals surface area (Å²) in [7, 11) is 0. The smallest absolute Gasteiger partial charge is 0.0602 e. The summed E-state index contributed by atoms with van der Waals surface area (Å²) in [5, 5.41) is 9.51. The van der Waals surface area contributed by atoms with E-state index in [0.717, 1.165) is 19.4 Å². The molecule has 0 aliphatic carbocycles. The summed E-state index contributed by atoms with van der Waals surface area (Å²) in [6, 6.07) is 0. The molecule has 11 heavy (non-hydrogen) atoms. The Labute approximate surface area is 67.5 Å². The van der Waals surface area contributed by atoms with E-state index in [1.165, 1.54) is 0 Å². The summed E-state index contributed by atoms with van der Waals surface area (Å²) in [4.78, 5) is 0. The number of hydrogen-bond acceptors (Lipinski definition) is 3. The van der Waals surface area contributed by atoms with Crippen molar-refractivity contribution < 1.29 is 9.84 Å². The van der Waals surface area contributed by atoms with Gasteiger partial charge in [0, 0.05) is 12.5 Å². The molecule has 1 fully saturated rings. The second-order valence-electron chi connectivity index (χ2n) is 3.12. The molecule has 3 heteroatoms. The number of rotatable bonds is 3. The molecule has 3 N–H and O–H groups in total. The molecule has 1 aliphatic heterocycles. The van der Waals surface area contributed by atoms with Gasteiger partial charge in [-0.1, -0.05) is 0 Å². The summed E-state index contributed by atoms with van der Waals surface area (Å²) < 4.78 is 5.25. The summed E-state index contributed by atoms with van der Waals surface area (Å²) >= 11 is 0. The minimum Gasteiger partial charge on any atom is -0.393 e. The highest BCUT2D eigenvalue weighted by atomic mass is 16.5. The second kappa shape index (κ2) is 4.70. The van der Waals surface area contributed by atoms with Gasteiger partial charge in [0.1, 0.15) is 0 Å². The minimum absolute atomic E-state index is 0.250. The summed E-state index contributed by atoms with van der Waals surface area (Å²) in [5.41, 5.74) is 5.34. The maximum Gasteiger partial charge on any atom is 0.0602 e. The van der Waals surface area contributed by atoms with Crippen LogP contribution in [-0.2, 0) is 4.74 Å². The molecule has 1 rings (SSSR count). The highest BCUT2D eigenvalue weighted by Gasteiger charge is 2.21. The lowest BCUT2D eigenvalue weighted by Gasteiger charge is -2.26. The van der Waals surface area contributed by atoms with Gasteiger partial charge >= 0.3 is 0 Å². The molecule has 3 nitrogen and oxygen atoms in total. The number of hydrogen-bond donors (Lipinski definition) is 2. The fraction of sp³-hybridized carbons (Fsp3) is 1.00. The molecule has 0 bridgehead atoms. The van der Waals surface area contributed by atoms with E-state index in [0.29, 0.717) is 25.5 Å². The first-order valence-corrected chi connectivity index (χ1v) is 4.30. The van der Waals surface area contributed by atoms with Gasteiger partial charge < -0.3 is 15.6 Å². The Kier molecular flexibility index (Phi) is 3.83. The van der Waals surface area contributed by atoms with Crippen LogP contribution in [0.4, 0.5) is 0 Å². The van der Waals surface area contributed by atoms with E-state index < -0.39 is 0 Å². The molecule has 66 valence electrons. The third-order valence-corrected chi connectivity index (χ3v) is 2.20. The third-order valence-electron chi connectivity index (χ3n) is 2.20. The van der Waals surface area contributed by atoms with Crippen molar-refractivity contribution in [3.63, 3.8) is 0 Å². The fourth-order valence-electron chi connectivity index (χ4n) is 1.48. The zero-order valence-electron chi connectivity index (χ0n) is 6.83. The highest BCUT2D eigenvalue weighted by Crippen LogP contribution is 2.18. The maximum atomic E-state index is 9.51. The quantitative estimate of drug-likeness (QED) is 0.615. The summed E-state index contributed by atoms with van der Waals surface area (Å²) in [6.45, 7) is 2.13. The molecule has 0 spiro atoms. The largest absolute Gasteiger partial charge is 0.393 e. The summed E-state index contributed by atoms with van der Waals surface area (Å²) in [6.07, 6.45) is 2.61. The van der Waals surface area contributed by atoms with Gasteiger partial charge in [0.05, 0.1) is 12.7 Å². The van der Waals surface area contributed by atoms with E-state index in [1.54, 1.807) is 0 Å². The van der Waals surface area contributed by atoms with Gasteiger partial charge in [0.15, 0.2) is 0 Å². The van der Waals surface area contributed by atoms with Crippen molar-refractivity contribution in [2.24, 2.45) is 11.7 Å². The van der Waals surface area contributed by atoms with Crippen molar-refractivity contribution >= 4 is 0 Å². The van der Waals surface area contributed by atoms with Gasteiger partial charge in [-0.25, -0.2) is 0 Å². The summed E-state index contributed by atoms with van der Waals surface area (Å²) in [5.74, 6) is 0.326. The third kappa shape index (κ3) is 2.77. The molecule has 0 amide bonds. The van der Waals surface area contributed by atoms with Crippen molar-refractivity contribution in [3.8, 4) is 0 Å². The van der Waals surface area contributed by atoms with Gasteiger partial charge in [0.2, 0.25) is 0 Å². The van der Waals surface area contributed by atoms with Gasteiger partial charge in [0.25, 0.3) is 0 Å². The zero-order valence-corrected chi connectivity index (χ0v) is 6.83. The molecule has 0 radical (unpaired) electrons. The van der Waals surface area contributed by atoms with Crippen LogP contribution < -0.4 is 5.73 Å². The Balaban J connectivity index is 2.21. The van der Waals surface area contributed by atoms with Crippen LogP contribution in [-0.4, -0.2) is 31.0 Å². The lowest BCUT2D eigenvalue weighted by molar-refractivity contribution is -0.0108. The Morgan fingerprint density at radius 3 is 3.00 bits per heavy atom. The molecule has 2 atom stereocenters. The fourth-order valence-corrected chi connectivity index (χ4v) is 1.48. The predicted molar refractivity (Wildman–Crippen MR) is 43.2 cm³/mol. The predicted octanol–water partition coefficient (Wildman–Crippen LogP) is 0.123. The lowest BCUT2D eigenvalue weighted by atomic mass is 9.94. The van der Waals surface area contributed by atoms with Crippen molar-refractivity contribution in [2.45, 2.75) is 25.4 Å². The monoisotopic (exact) mass is 159 g/mol. The Bertz CT molecular complexity index is 102. The first-order valence-electron chi connectivity index (χ1n) is 4.30. The molecule has 0 aromatic carbocycles. The lowest BCUT2D eigenvalue weighted by Crippen LogP contribution is -2.30. The Morgan fingerprint density at radius 1 is 1.64 bits per heavy atom. The van der Waals surface area contributed by atoms with Gasteiger partial charge in [-0.15, -0.1) is 0 Å². The average molecular weight is 159 g/mol. The van der Waals surface area contributed by atoms with Crippen LogP contribution in [0.25, 0.3) is 0 Å². The van der Waals surface area contributed by atoms with Crippen LogP contribution in [0.5, 0.6) is 0 Å². The van der Waals surface area contributed by atoms with Gasteiger partial charge in [-0.05, 0) is 25.8 Å². The second-order valence-corrected chi connectivity index (χ2v) is 3.12. The number of aliphatic hydroxyl groups is 1. The Hall–Kier alpha value is -0.120. The zero-order chi connectivity index (χ0) is 8.10. The van der Waals surface area contributed by atoms with Crippen LogP contribution >= 0.6 is 0 Å². The van der Waals surface area contributed by atoms with Gasteiger partial charge in [-0.3, -0.25) is 0 Å². The number of aliphatic hydroxyl groups excluding tert-OH is 1. The standard InChI is InChI=1S/C8H17NO2/c9-4-3-8(10)7-2-1-5-11-6-7/h7-8,10H,1-6,9H2. The van der Waals surface area contributed by atoms with Crippen molar-refractivity contribution in [3.05, 3.63) is 0 Å². The van der Waals surface area contributed by atoms with Crippen molar-refractivity contribution in [1.29, 1.82) is 0 Å². The van der Waals surface area contributed by atoms with Crippen molar-refractivity contribution in [2.75, 3.05) is 19.8 Å². The number of ether oxygens (including phenoxy) is 1. The maximum absolute atomic E-state index is 9.51. The van der Waals surface area contributed by atoms with E-state index >= 15 is 0 Å². The van der Waals surface area contributed by atoms with E-state index in [1.807, 2.05) is 0 Å². The molecule has 2 unspecified atom stereocenters. The molecule has 0 aromatic heterocycles. The van der Waals surface area contributed by atoms with Crippen LogP contribution in [0.2, 0.25) is 0 Å². The highest BCUT2D eigenvalue weighted by molar-refractivity contribution is 4.71. The van der Waals surface area contributed by atoms with Crippen LogP contribution in [0, 0.1) is 5.92 Å². The molecule has 1 heterocycles. The normalized spacial score (nSPS) is 28.4. The first kappa shape index (κ1) is 8.97. The topological polar surface area (TPSA) is 55.5 Å². The van der Waals surface area contributed by atoms with Crippen molar-refractivity contribution in [1.82, 2.24) is 0 Å². The molecular weight excluding hydrogens is 142 g/mol. The number of nitrogens with two attached hydrogens (primary N) is 1. The van der Waals surface area contributed by atoms with E-state index in [2.05, 4.69) is 0 Å². The van der Waals surface area contributed by atoms with E-state index in [4.69, 9.17) is 10.5 Å². The molecule has 0 aromatic rings. The average Bonchev–Trinajstić information content (AvgIpc) is 2.07. The van der Waals surface area contributed by atoms with Crippen LogP contribution in [0.15, 0.2) is 0 Å². The van der Waals surface area contributed by atoms with E-state index in [9.17, 15) is 5.11 Å².